The molecule has 98 valence electrons. The standard InChI is InChI=1S/C15H22N2O/c1-10-5-6-14(11(2)7-10)15(18)17-8-12(3)16-13(4)9-17/h5-7,12-13,16H,8-9H2,1-4H3/t12-,13-/m1/s1. The van der Waals surface area contributed by atoms with Gasteiger partial charge in [-0.05, 0) is 39.3 Å². The first-order chi connectivity index (χ1) is 8.47. The van der Waals surface area contributed by atoms with Gasteiger partial charge in [0.1, 0.15) is 0 Å². The summed E-state index contributed by atoms with van der Waals surface area (Å²) in [7, 11) is 0. The van der Waals surface area contributed by atoms with Gasteiger partial charge in [-0.25, -0.2) is 0 Å². The van der Waals surface area contributed by atoms with Crippen molar-refractivity contribution < 1.29 is 4.79 Å². The van der Waals surface area contributed by atoms with Crippen LogP contribution >= 0.6 is 0 Å². The fraction of sp³-hybridized carbons (Fsp3) is 0.533. The maximum Gasteiger partial charge on any atom is 0.254 e. The molecule has 2 rings (SSSR count). The maximum absolute atomic E-state index is 12.5. The Balaban J connectivity index is 2.20. The van der Waals surface area contributed by atoms with Gasteiger partial charge in [0.05, 0.1) is 0 Å². The number of amides is 1. The predicted octanol–water partition coefficient (Wildman–Crippen LogP) is 2.13. The first-order valence-electron chi connectivity index (χ1n) is 6.60. The Bertz CT molecular complexity index is 446. The summed E-state index contributed by atoms with van der Waals surface area (Å²) in [4.78, 5) is 14.5. The van der Waals surface area contributed by atoms with Crippen molar-refractivity contribution in [3.63, 3.8) is 0 Å². The molecule has 3 heteroatoms. The van der Waals surface area contributed by atoms with Gasteiger partial charge >= 0.3 is 0 Å². The average molecular weight is 246 g/mol. The normalized spacial score (nSPS) is 24.1. The lowest BCUT2D eigenvalue weighted by atomic mass is 10.0. The minimum Gasteiger partial charge on any atom is -0.336 e. The topological polar surface area (TPSA) is 32.3 Å². The summed E-state index contributed by atoms with van der Waals surface area (Å²) in [5, 5.41) is 3.45. The highest BCUT2D eigenvalue weighted by molar-refractivity contribution is 5.95. The van der Waals surface area contributed by atoms with Crippen LogP contribution in [0.2, 0.25) is 0 Å². The molecule has 1 aromatic carbocycles. The molecule has 0 aromatic heterocycles. The predicted molar refractivity (Wildman–Crippen MR) is 73.9 cm³/mol. The minimum absolute atomic E-state index is 0.160. The molecule has 1 aliphatic rings. The number of nitrogens with zero attached hydrogens (tertiary/aromatic N) is 1. The molecule has 1 fully saturated rings. The zero-order valence-corrected chi connectivity index (χ0v) is 11.7. The fourth-order valence-corrected chi connectivity index (χ4v) is 2.72. The highest BCUT2D eigenvalue weighted by atomic mass is 16.2. The van der Waals surface area contributed by atoms with Crippen LogP contribution in [0.15, 0.2) is 18.2 Å². The van der Waals surface area contributed by atoms with E-state index in [1.54, 1.807) is 0 Å². The van der Waals surface area contributed by atoms with E-state index in [1.165, 1.54) is 5.56 Å². The van der Waals surface area contributed by atoms with E-state index in [1.807, 2.05) is 24.0 Å². The number of hydrogen-bond acceptors (Lipinski definition) is 2. The van der Waals surface area contributed by atoms with Gasteiger partial charge in [0.2, 0.25) is 0 Å². The van der Waals surface area contributed by atoms with E-state index in [-0.39, 0.29) is 5.91 Å². The van der Waals surface area contributed by atoms with Crippen LogP contribution in [0.4, 0.5) is 0 Å². The van der Waals surface area contributed by atoms with Crippen molar-refractivity contribution in [1.82, 2.24) is 10.2 Å². The Morgan fingerprint density at radius 1 is 1.22 bits per heavy atom. The van der Waals surface area contributed by atoms with Crippen LogP contribution in [0.5, 0.6) is 0 Å². The summed E-state index contributed by atoms with van der Waals surface area (Å²) in [5.74, 6) is 0.160. The molecule has 0 radical (unpaired) electrons. The first-order valence-corrected chi connectivity index (χ1v) is 6.60. The second-order valence-electron chi connectivity index (χ2n) is 5.50. The van der Waals surface area contributed by atoms with Gasteiger partial charge in [0.25, 0.3) is 5.91 Å². The SMILES string of the molecule is Cc1ccc(C(=O)N2C[C@@H](C)N[C@H](C)C2)c(C)c1. The lowest BCUT2D eigenvalue weighted by molar-refractivity contribution is 0.0673. The molecule has 1 amide bonds. The molecule has 1 aromatic rings. The molecule has 1 aliphatic heterocycles. The molecule has 1 saturated heterocycles. The number of rotatable bonds is 1. The van der Waals surface area contributed by atoms with Crippen LogP contribution < -0.4 is 5.32 Å². The molecule has 0 bridgehead atoms. The van der Waals surface area contributed by atoms with E-state index in [9.17, 15) is 4.79 Å². The second-order valence-corrected chi connectivity index (χ2v) is 5.50. The summed E-state index contributed by atoms with van der Waals surface area (Å²) >= 11 is 0. The number of aryl methyl sites for hydroxylation is 2. The van der Waals surface area contributed by atoms with Gasteiger partial charge in [0.15, 0.2) is 0 Å². The summed E-state index contributed by atoms with van der Waals surface area (Å²) in [5.41, 5.74) is 3.10. The Kier molecular flexibility index (Phi) is 3.71. The van der Waals surface area contributed by atoms with Crippen molar-refractivity contribution in [3.8, 4) is 0 Å². The van der Waals surface area contributed by atoms with E-state index in [2.05, 4.69) is 32.2 Å². The monoisotopic (exact) mass is 246 g/mol. The van der Waals surface area contributed by atoms with Crippen LogP contribution in [0.3, 0.4) is 0 Å². The van der Waals surface area contributed by atoms with Gasteiger partial charge in [-0.3, -0.25) is 4.79 Å². The minimum atomic E-state index is 0.160. The number of piperazine rings is 1. The van der Waals surface area contributed by atoms with E-state index in [0.29, 0.717) is 12.1 Å². The second kappa shape index (κ2) is 5.11. The highest BCUT2D eigenvalue weighted by Gasteiger charge is 2.26. The molecular formula is C15H22N2O. The smallest absolute Gasteiger partial charge is 0.254 e. The van der Waals surface area contributed by atoms with Gasteiger partial charge in [-0.15, -0.1) is 0 Å². The van der Waals surface area contributed by atoms with Crippen molar-refractivity contribution in [2.45, 2.75) is 39.8 Å². The summed E-state index contributed by atoms with van der Waals surface area (Å²) in [6, 6.07) is 6.76. The van der Waals surface area contributed by atoms with Crippen LogP contribution in [0.1, 0.15) is 35.3 Å². The van der Waals surface area contributed by atoms with Gasteiger partial charge in [-0.1, -0.05) is 17.7 Å². The van der Waals surface area contributed by atoms with Crippen molar-refractivity contribution in [2.75, 3.05) is 13.1 Å². The Morgan fingerprint density at radius 3 is 2.39 bits per heavy atom. The summed E-state index contributed by atoms with van der Waals surface area (Å²) in [6.45, 7) is 9.88. The molecule has 0 spiro atoms. The molecule has 0 unspecified atom stereocenters. The first kappa shape index (κ1) is 13.1. The van der Waals surface area contributed by atoms with Crippen LogP contribution in [-0.2, 0) is 0 Å². The summed E-state index contributed by atoms with van der Waals surface area (Å²) < 4.78 is 0. The van der Waals surface area contributed by atoms with Gasteiger partial charge in [0, 0.05) is 30.7 Å². The number of hydrogen-bond donors (Lipinski definition) is 1. The van der Waals surface area contributed by atoms with E-state index >= 15 is 0 Å². The van der Waals surface area contributed by atoms with E-state index in [0.717, 1.165) is 24.2 Å². The van der Waals surface area contributed by atoms with Crippen molar-refractivity contribution in [1.29, 1.82) is 0 Å². The largest absolute Gasteiger partial charge is 0.336 e. The van der Waals surface area contributed by atoms with Crippen LogP contribution in [0, 0.1) is 13.8 Å². The van der Waals surface area contributed by atoms with Crippen molar-refractivity contribution in [2.24, 2.45) is 0 Å². The summed E-state index contributed by atoms with van der Waals surface area (Å²) in [6.07, 6.45) is 0. The molecule has 2 atom stereocenters. The Hall–Kier alpha value is -1.35. The number of carbonyl (C=O) groups excluding carboxylic acids is 1. The number of benzene rings is 1. The van der Waals surface area contributed by atoms with Crippen LogP contribution in [0.25, 0.3) is 0 Å². The molecule has 3 nitrogen and oxygen atoms in total. The lowest BCUT2D eigenvalue weighted by Gasteiger charge is -2.36. The zero-order valence-electron chi connectivity index (χ0n) is 11.7. The molecule has 0 aliphatic carbocycles. The molecule has 0 saturated carbocycles. The third-order valence-corrected chi connectivity index (χ3v) is 3.46. The zero-order chi connectivity index (χ0) is 13.3. The quantitative estimate of drug-likeness (QED) is 0.823. The maximum atomic E-state index is 12.5. The van der Waals surface area contributed by atoms with Crippen LogP contribution in [-0.4, -0.2) is 36.0 Å². The number of carbonyl (C=O) groups is 1. The molecule has 1 N–H and O–H groups in total. The van der Waals surface area contributed by atoms with E-state index < -0.39 is 0 Å². The molecule has 1 heterocycles. The Labute approximate surface area is 109 Å². The van der Waals surface area contributed by atoms with E-state index in [4.69, 9.17) is 0 Å². The third kappa shape index (κ3) is 2.72. The molecule has 18 heavy (non-hydrogen) atoms. The van der Waals surface area contributed by atoms with Gasteiger partial charge in [-0.2, -0.15) is 0 Å². The average Bonchev–Trinajstić information content (AvgIpc) is 2.26. The number of nitrogens with one attached hydrogen (secondary N) is 1. The Morgan fingerprint density at radius 2 is 1.83 bits per heavy atom. The molecular weight excluding hydrogens is 224 g/mol. The van der Waals surface area contributed by atoms with Gasteiger partial charge < -0.3 is 10.2 Å². The highest BCUT2D eigenvalue weighted by Crippen LogP contribution is 2.15. The third-order valence-electron chi connectivity index (χ3n) is 3.46. The van der Waals surface area contributed by atoms with Crippen molar-refractivity contribution in [3.05, 3.63) is 34.9 Å². The van der Waals surface area contributed by atoms with Crippen molar-refractivity contribution >= 4 is 5.91 Å². The lowest BCUT2D eigenvalue weighted by Crippen LogP contribution is -2.55. The fourth-order valence-electron chi connectivity index (χ4n) is 2.72.